The minimum absolute atomic E-state index is 0.312. The second-order valence-corrected chi connectivity index (χ2v) is 6.55. The zero-order valence-corrected chi connectivity index (χ0v) is 15.5. The minimum atomic E-state index is -0.373. The third kappa shape index (κ3) is 4.24. The largest absolute Gasteiger partial charge is 0.456 e. The molecule has 0 aliphatic heterocycles. The molecule has 0 unspecified atom stereocenters. The van der Waals surface area contributed by atoms with E-state index < -0.39 is 0 Å². The van der Waals surface area contributed by atoms with Gasteiger partial charge in [-0.25, -0.2) is 0 Å². The summed E-state index contributed by atoms with van der Waals surface area (Å²) in [4.78, 5) is 22.7. The van der Waals surface area contributed by atoms with Crippen molar-refractivity contribution in [1.82, 2.24) is 19.8 Å². The van der Waals surface area contributed by atoms with Gasteiger partial charge in [-0.2, -0.15) is 0 Å². The van der Waals surface area contributed by atoms with Gasteiger partial charge in [-0.1, -0.05) is 0 Å². The average Bonchev–Trinajstić information content (AvgIpc) is 3.03. The molecule has 3 rings (SSSR count). The molecule has 0 aliphatic carbocycles. The summed E-state index contributed by atoms with van der Waals surface area (Å²) in [5, 5.41) is 8.24. The van der Waals surface area contributed by atoms with E-state index in [0.29, 0.717) is 17.2 Å². The highest BCUT2D eigenvalue weighted by molar-refractivity contribution is 6.05. The lowest BCUT2D eigenvalue weighted by Crippen LogP contribution is -2.38. The molecule has 2 aromatic heterocycles. The first-order valence-electron chi connectivity index (χ1n) is 8.35. The molecule has 0 fully saturated rings. The van der Waals surface area contributed by atoms with Crippen molar-refractivity contribution in [2.24, 2.45) is 5.73 Å². The van der Waals surface area contributed by atoms with Crippen LogP contribution in [0.2, 0.25) is 0 Å². The number of carbonyl (C=O) groups is 1. The van der Waals surface area contributed by atoms with Crippen molar-refractivity contribution in [1.29, 1.82) is 5.41 Å². The summed E-state index contributed by atoms with van der Waals surface area (Å²) in [5.74, 6) is 0.592. The smallest absolute Gasteiger partial charge is 0.276 e. The standard InChI is InChI=1S/C19H22N6O2/c1-24(2)11-12-6-15(10-22-9-12)27-14-5-4-13-7-17(23-16(13)8-14)18(26)25(3)19(20)21/h4-10,23H,11H2,1-3H3,(H3,20,21). The van der Waals surface area contributed by atoms with E-state index in [1.165, 1.54) is 7.05 Å². The van der Waals surface area contributed by atoms with E-state index in [1.54, 1.807) is 12.3 Å². The van der Waals surface area contributed by atoms with Crippen LogP contribution in [-0.2, 0) is 6.54 Å². The van der Waals surface area contributed by atoms with Crippen molar-refractivity contribution in [3.8, 4) is 11.5 Å². The molecule has 140 valence electrons. The molecule has 0 atom stereocenters. The van der Waals surface area contributed by atoms with Gasteiger partial charge in [-0.15, -0.1) is 0 Å². The number of rotatable bonds is 5. The number of pyridine rings is 1. The molecular weight excluding hydrogens is 344 g/mol. The normalized spacial score (nSPS) is 11.0. The van der Waals surface area contributed by atoms with Crippen molar-refractivity contribution in [3.05, 3.63) is 54.0 Å². The Morgan fingerprint density at radius 1 is 1.19 bits per heavy atom. The number of guanidine groups is 1. The molecule has 0 bridgehead atoms. The summed E-state index contributed by atoms with van der Waals surface area (Å²) >= 11 is 0. The summed E-state index contributed by atoms with van der Waals surface area (Å²) in [6.45, 7) is 0.773. The van der Waals surface area contributed by atoms with E-state index in [2.05, 4.69) is 14.9 Å². The first-order chi connectivity index (χ1) is 12.8. The van der Waals surface area contributed by atoms with Gasteiger partial charge in [-0.05, 0) is 43.9 Å². The van der Waals surface area contributed by atoms with Crippen LogP contribution in [-0.4, -0.2) is 52.8 Å². The van der Waals surface area contributed by atoms with E-state index in [0.717, 1.165) is 27.9 Å². The molecule has 0 aliphatic rings. The molecule has 4 N–H and O–H groups in total. The van der Waals surface area contributed by atoms with Gasteiger partial charge in [-0.3, -0.25) is 20.1 Å². The molecule has 27 heavy (non-hydrogen) atoms. The van der Waals surface area contributed by atoms with Crippen LogP contribution >= 0.6 is 0 Å². The van der Waals surface area contributed by atoms with Gasteiger partial charge in [0.15, 0.2) is 5.96 Å². The number of ether oxygens (including phenoxy) is 1. The Balaban J connectivity index is 1.83. The number of fused-ring (bicyclic) bond motifs is 1. The molecule has 3 aromatic rings. The third-order valence-electron chi connectivity index (χ3n) is 3.99. The van der Waals surface area contributed by atoms with Gasteiger partial charge in [0.25, 0.3) is 5.91 Å². The van der Waals surface area contributed by atoms with E-state index >= 15 is 0 Å². The van der Waals surface area contributed by atoms with Gasteiger partial charge in [0.1, 0.15) is 17.2 Å². The van der Waals surface area contributed by atoms with Gasteiger partial charge >= 0.3 is 0 Å². The zero-order chi connectivity index (χ0) is 19.6. The SMILES string of the molecule is CN(C)Cc1cncc(Oc2ccc3cc(C(=O)N(C)C(=N)N)[nH]c3c2)c1. The van der Waals surface area contributed by atoms with Crippen molar-refractivity contribution < 1.29 is 9.53 Å². The molecule has 1 aromatic carbocycles. The summed E-state index contributed by atoms with van der Waals surface area (Å²) in [5.41, 5.74) is 7.53. The number of H-pyrrole nitrogens is 1. The van der Waals surface area contributed by atoms with Crippen LogP contribution in [0.3, 0.4) is 0 Å². The Kier molecular flexibility index (Phi) is 5.09. The molecule has 8 heteroatoms. The molecule has 1 amide bonds. The van der Waals surface area contributed by atoms with Gasteiger partial charge in [0.05, 0.1) is 6.20 Å². The molecule has 2 heterocycles. The molecule has 0 saturated carbocycles. The monoisotopic (exact) mass is 366 g/mol. The van der Waals surface area contributed by atoms with Crippen LogP contribution < -0.4 is 10.5 Å². The molecule has 0 spiro atoms. The first kappa shape index (κ1) is 18.4. The number of hydrogen-bond donors (Lipinski definition) is 3. The Hall–Kier alpha value is -3.39. The number of nitrogens with zero attached hydrogens (tertiary/aromatic N) is 3. The number of nitrogens with one attached hydrogen (secondary N) is 2. The summed E-state index contributed by atoms with van der Waals surface area (Å²) < 4.78 is 5.91. The van der Waals surface area contributed by atoms with Crippen LogP contribution in [0.4, 0.5) is 0 Å². The maximum absolute atomic E-state index is 12.3. The van der Waals surface area contributed by atoms with E-state index in [1.807, 2.05) is 44.6 Å². The van der Waals surface area contributed by atoms with Crippen molar-refractivity contribution >= 4 is 22.8 Å². The van der Waals surface area contributed by atoms with Gasteiger partial charge in [0, 0.05) is 36.8 Å². The lowest BCUT2D eigenvalue weighted by Gasteiger charge is -2.12. The lowest BCUT2D eigenvalue weighted by molar-refractivity contribution is 0.0864. The van der Waals surface area contributed by atoms with Crippen LogP contribution in [0.5, 0.6) is 11.5 Å². The van der Waals surface area contributed by atoms with Crippen molar-refractivity contribution in [3.63, 3.8) is 0 Å². The molecule has 0 radical (unpaired) electrons. The fourth-order valence-corrected chi connectivity index (χ4v) is 2.68. The minimum Gasteiger partial charge on any atom is -0.456 e. The van der Waals surface area contributed by atoms with Crippen LogP contribution in [0.15, 0.2) is 42.7 Å². The second kappa shape index (κ2) is 7.46. The Bertz CT molecular complexity index is 995. The third-order valence-corrected chi connectivity index (χ3v) is 3.99. The highest BCUT2D eigenvalue weighted by Crippen LogP contribution is 2.26. The fourth-order valence-electron chi connectivity index (χ4n) is 2.68. The molecular formula is C19H22N6O2. The Morgan fingerprint density at radius 2 is 1.96 bits per heavy atom. The second-order valence-electron chi connectivity index (χ2n) is 6.55. The summed E-state index contributed by atoms with van der Waals surface area (Å²) in [6, 6.07) is 9.18. The highest BCUT2D eigenvalue weighted by Gasteiger charge is 2.16. The number of nitrogens with two attached hydrogens (primary N) is 1. The van der Waals surface area contributed by atoms with E-state index in [4.69, 9.17) is 15.9 Å². The quantitative estimate of drug-likeness (QED) is 0.474. The maximum atomic E-state index is 12.3. The number of benzene rings is 1. The number of amides is 1. The predicted octanol–water partition coefficient (Wildman–Crippen LogP) is 2.38. The van der Waals surface area contributed by atoms with Gasteiger partial charge < -0.3 is 20.4 Å². The topological polar surface area (TPSA) is 111 Å². The average molecular weight is 366 g/mol. The summed E-state index contributed by atoms with van der Waals surface area (Å²) in [7, 11) is 5.45. The number of aromatic nitrogens is 2. The van der Waals surface area contributed by atoms with Crippen LogP contribution in [0.1, 0.15) is 16.1 Å². The number of carbonyl (C=O) groups excluding carboxylic acids is 1. The highest BCUT2D eigenvalue weighted by atomic mass is 16.5. The van der Waals surface area contributed by atoms with E-state index in [9.17, 15) is 4.79 Å². The van der Waals surface area contributed by atoms with Gasteiger partial charge in [0.2, 0.25) is 0 Å². The zero-order valence-electron chi connectivity index (χ0n) is 15.5. The Labute approximate surface area is 157 Å². The number of hydrogen-bond acceptors (Lipinski definition) is 5. The van der Waals surface area contributed by atoms with E-state index in [-0.39, 0.29) is 11.9 Å². The first-order valence-corrected chi connectivity index (χ1v) is 8.35. The molecule has 8 nitrogen and oxygen atoms in total. The predicted molar refractivity (Wildman–Crippen MR) is 104 cm³/mol. The van der Waals surface area contributed by atoms with Crippen molar-refractivity contribution in [2.45, 2.75) is 6.54 Å². The maximum Gasteiger partial charge on any atom is 0.276 e. The Morgan fingerprint density at radius 3 is 2.67 bits per heavy atom. The number of aromatic amines is 1. The van der Waals surface area contributed by atoms with Crippen molar-refractivity contribution in [2.75, 3.05) is 21.1 Å². The molecule has 0 saturated heterocycles. The van der Waals surface area contributed by atoms with Crippen LogP contribution in [0, 0.1) is 5.41 Å². The summed E-state index contributed by atoms with van der Waals surface area (Å²) in [6.07, 6.45) is 3.47. The lowest BCUT2D eigenvalue weighted by atomic mass is 10.2. The van der Waals surface area contributed by atoms with Crippen LogP contribution in [0.25, 0.3) is 10.9 Å². The fraction of sp³-hybridized carbons (Fsp3) is 0.211.